The molecule has 0 aromatic carbocycles. The van der Waals surface area contributed by atoms with E-state index in [1.165, 1.54) is 19.3 Å². The van der Waals surface area contributed by atoms with Crippen molar-refractivity contribution in [2.45, 2.75) is 26.2 Å². The first-order valence-electron chi connectivity index (χ1n) is 6.16. The van der Waals surface area contributed by atoms with Crippen molar-refractivity contribution in [3.05, 3.63) is 23.9 Å². The Morgan fingerprint density at radius 2 is 2.35 bits per heavy atom. The first-order chi connectivity index (χ1) is 8.15. The lowest BCUT2D eigenvalue weighted by molar-refractivity contribution is 0.0942. The predicted octanol–water partition coefficient (Wildman–Crippen LogP) is 1.83. The Hall–Kier alpha value is -1.58. The SMILES string of the molecule is CC1CCC(CNC(=O)c2cccc(N)n2)C1. The van der Waals surface area contributed by atoms with Crippen LogP contribution < -0.4 is 11.1 Å². The van der Waals surface area contributed by atoms with Gasteiger partial charge in [0.2, 0.25) is 0 Å². The molecule has 17 heavy (non-hydrogen) atoms. The van der Waals surface area contributed by atoms with Crippen LogP contribution in [0.3, 0.4) is 0 Å². The number of rotatable bonds is 3. The first kappa shape index (κ1) is 11.9. The fourth-order valence-corrected chi connectivity index (χ4v) is 2.42. The lowest BCUT2D eigenvalue weighted by Gasteiger charge is -2.10. The Bertz CT molecular complexity index is 405. The average Bonchev–Trinajstić information content (AvgIpc) is 2.72. The van der Waals surface area contributed by atoms with E-state index >= 15 is 0 Å². The van der Waals surface area contributed by atoms with E-state index in [0.29, 0.717) is 17.4 Å². The summed E-state index contributed by atoms with van der Waals surface area (Å²) >= 11 is 0. The van der Waals surface area contributed by atoms with E-state index in [2.05, 4.69) is 17.2 Å². The number of nitrogens with zero attached hydrogens (tertiary/aromatic N) is 1. The topological polar surface area (TPSA) is 68.0 Å². The maximum Gasteiger partial charge on any atom is 0.269 e. The van der Waals surface area contributed by atoms with Crippen molar-refractivity contribution >= 4 is 11.7 Å². The van der Waals surface area contributed by atoms with Gasteiger partial charge in [-0.15, -0.1) is 0 Å². The molecule has 1 aliphatic carbocycles. The highest BCUT2D eigenvalue weighted by Gasteiger charge is 2.21. The number of nitrogens with two attached hydrogens (primary N) is 1. The molecular formula is C13H19N3O. The third-order valence-corrected chi connectivity index (χ3v) is 3.36. The quantitative estimate of drug-likeness (QED) is 0.837. The number of hydrogen-bond acceptors (Lipinski definition) is 3. The largest absolute Gasteiger partial charge is 0.384 e. The smallest absolute Gasteiger partial charge is 0.269 e. The van der Waals surface area contributed by atoms with Gasteiger partial charge in [0.25, 0.3) is 5.91 Å². The van der Waals surface area contributed by atoms with Crippen molar-refractivity contribution < 1.29 is 4.79 Å². The van der Waals surface area contributed by atoms with Crippen LogP contribution in [-0.4, -0.2) is 17.4 Å². The van der Waals surface area contributed by atoms with E-state index in [1.54, 1.807) is 18.2 Å². The van der Waals surface area contributed by atoms with Gasteiger partial charge in [-0.3, -0.25) is 4.79 Å². The second-order valence-corrected chi connectivity index (χ2v) is 4.94. The lowest BCUT2D eigenvalue weighted by atomic mass is 10.1. The molecule has 1 saturated carbocycles. The minimum Gasteiger partial charge on any atom is -0.384 e. The van der Waals surface area contributed by atoms with Gasteiger partial charge in [0.05, 0.1) is 0 Å². The number of aromatic nitrogens is 1. The minimum absolute atomic E-state index is 0.128. The van der Waals surface area contributed by atoms with Crippen LogP contribution >= 0.6 is 0 Å². The molecule has 4 heteroatoms. The molecule has 0 spiro atoms. The van der Waals surface area contributed by atoms with Crippen LogP contribution in [0.1, 0.15) is 36.7 Å². The van der Waals surface area contributed by atoms with Crippen molar-refractivity contribution in [3.63, 3.8) is 0 Å². The van der Waals surface area contributed by atoms with Crippen LogP contribution in [0.15, 0.2) is 18.2 Å². The number of carbonyl (C=O) groups excluding carboxylic acids is 1. The number of anilines is 1. The second kappa shape index (κ2) is 5.17. The highest BCUT2D eigenvalue weighted by Crippen LogP contribution is 2.29. The van der Waals surface area contributed by atoms with Crippen molar-refractivity contribution in [2.24, 2.45) is 11.8 Å². The van der Waals surface area contributed by atoms with Gasteiger partial charge in [-0.25, -0.2) is 4.98 Å². The molecule has 1 aromatic heterocycles. The zero-order valence-corrected chi connectivity index (χ0v) is 10.1. The number of pyridine rings is 1. The molecule has 2 unspecified atom stereocenters. The minimum atomic E-state index is -0.128. The molecule has 0 bridgehead atoms. The molecule has 4 nitrogen and oxygen atoms in total. The highest BCUT2D eigenvalue weighted by molar-refractivity contribution is 5.92. The van der Waals surface area contributed by atoms with Crippen LogP contribution in [0, 0.1) is 11.8 Å². The van der Waals surface area contributed by atoms with E-state index in [0.717, 1.165) is 12.5 Å². The summed E-state index contributed by atoms with van der Waals surface area (Å²) in [6.45, 7) is 3.01. The zero-order chi connectivity index (χ0) is 12.3. The third-order valence-electron chi connectivity index (χ3n) is 3.36. The van der Waals surface area contributed by atoms with E-state index in [4.69, 9.17) is 5.73 Å². The zero-order valence-electron chi connectivity index (χ0n) is 10.1. The summed E-state index contributed by atoms with van der Waals surface area (Å²) in [5.41, 5.74) is 5.94. The highest BCUT2D eigenvalue weighted by atomic mass is 16.1. The van der Waals surface area contributed by atoms with Crippen LogP contribution in [0.5, 0.6) is 0 Å². The fourth-order valence-electron chi connectivity index (χ4n) is 2.42. The molecule has 1 aromatic rings. The molecule has 92 valence electrons. The van der Waals surface area contributed by atoms with Crippen molar-refractivity contribution in [1.82, 2.24) is 10.3 Å². The molecule has 2 atom stereocenters. The Kier molecular flexibility index (Phi) is 3.61. The predicted molar refractivity (Wildman–Crippen MR) is 67.5 cm³/mol. The molecule has 3 N–H and O–H groups in total. The van der Waals surface area contributed by atoms with Gasteiger partial charge in [-0.2, -0.15) is 0 Å². The molecule has 0 saturated heterocycles. The van der Waals surface area contributed by atoms with Gasteiger partial charge in [0, 0.05) is 6.54 Å². The Balaban J connectivity index is 1.85. The second-order valence-electron chi connectivity index (χ2n) is 4.94. The molecule has 1 heterocycles. The van der Waals surface area contributed by atoms with Gasteiger partial charge in [-0.1, -0.05) is 19.4 Å². The maximum atomic E-state index is 11.8. The molecule has 1 aliphatic rings. The van der Waals surface area contributed by atoms with Gasteiger partial charge >= 0.3 is 0 Å². The number of nitrogen functional groups attached to an aromatic ring is 1. The third kappa shape index (κ3) is 3.19. The average molecular weight is 233 g/mol. The standard InChI is InChI=1S/C13H19N3O/c1-9-5-6-10(7-9)8-15-13(17)11-3-2-4-12(14)16-11/h2-4,9-10H,5-8H2,1H3,(H2,14,16)(H,15,17). The van der Waals surface area contributed by atoms with Gasteiger partial charge in [0.15, 0.2) is 0 Å². The van der Waals surface area contributed by atoms with E-state index < -0.39 is 0 Å². The Morgan fingerprint density at radius 3 is 3.00 bits per heavy atom. The van der Waals surface area contributed by atoms with E-state index in [9.17, 15) is 4.79 Å². The van der Waals surface area contributed by atoms with Crippen molar-refractivity contribution in [1.29, 1.82) is 0 Å². The maximum absolute atomic E-state index is 11.8. The summed E-state index contributed by atoms with van der Waals surface area (Å²) in [6.07, 6.45) is 3.70. The number of amides is 1. The van der Waals surface area contributed by atoms with Crippen LogP contribution in [0.4, 0.5) is 5.82 Å². The normalized spacial score (nSPS) is 23.6. The summed E-state index contributed by atoms with van der Waals surface area (Å²) in [6, 6.07) is 5.10. The Morgan fingerprint density at radius 1 is 1.53 bits per heavy atom. The summed E-state index contributed by atoms with van der Waals surface area (Å²) in [7, 11) is 0. The summed E-state index contributed by atoms with van der Waals surface area (Å²) in [4.78, 5) is 15.8. The number of hydrogen-bond donors (Lipinski definition) is 2. The van der Waals surface area contributed by atoms with Crippen molar-refractivity contribution in [3.8, 4) is 0 Å². The molecular weight excluding hydrogens is 214 g/mol. The molecule has 0 radical (unpaired) electrons. The van der Waals surface area contributed by atoms with E-state index in [1.807, 2.05) is 0 Å². The van der Waals surface area contributed by atoms with E-state index in [-0.39, 0.29) is 5.91 Å². The van der Waals surface area contributed by atoms with Crippen LogP contribution in [-0.2, 0) is 0 Å². The molecule has 1 fully saturated rings. The van der Waals surface area contributed by atoms with Gasteiger partial charge in [-0.05, 0) is 36.8 Å². The van der Waals surface area contributed by atoms with Gasteiger partial charge < -0.3 is 11.1 Å². The molecule has 0 aliphatic heterocycles. The first-order valence-corrected chi connectivity index (χ1v) is 6.16. The number of nitrogens with one attached hydrogen (secondary N) is 1. The lowest BCUT2D eigenvalue weighted by Crippen LogP contribution is -2.29. The van der Waals surface area contributed by atoms with Gasteiger partial charge in [0.1, 0.15) is 11.5 Å². The molecule has 2 rings (SSSR count). The molecule has 1 amide bonds. The summed E-state index contributed by atoms with van der Waals surface area (Å²) in [5.74, 6) is 1.67. The summed E-state index contributed by atoms with van der Waals surface area (Å²) in [5, 5.41) is 2.93. The fraction of sp³-hybridized carbons (Fsp3) is 0.538. The Labute approximate surface area is 102 Å². The number of carbonyl (C=O) groups is 1. The summed E-state index contributed by atoms with van der Waals surface area (Å²) < 4.78 is 0. The van der Waals surface area contributed by atoms with Crippen LogP contribution in [0.25, 0.3) is 0 Å². The monoisotopic (exact) mass is 233 g/mol. The van der Waals surface area contributed by atoms with Crippen LogP contribution in [0.2, 0.25) is 0 Å². The van der Waals surface area contributed by atoms with Crippen molar-refractivity contribution in [2.75, 3.05) is 12.3 Å².